The van der Waals surface area contributed by atoms with E-state index in [4.69, 9.17) is 11.6 Å². The van der Waals surface area contributed by atoms with Crippen LogP contribution in [-0.4, -0.2) is 24.5 Å². The molecule has 17 heavy (non-hydrogen) atoms. The molecule has 2 aromatic heterocycles. The van der Waals surface area contributed by atoms with Gasteiger partial charge in [0.2, 0.25) is 0 Å². The van der Waals surface area contributed by atoms with E-state index in [0.29, 0.717) is 11.7 Å². The van der Waals surface area contributed by atoms with E-state index >= 15 is 0 Å². The van der Waals surface area contributed by atoms with Gasteiger partial charge >= 0.3 is 0 Å². The van der Waals surface area contributed by atoms with Crippen LogP contribution in [0.1, 0.15) is 29.7 Å². The van der Waals surface area contributed by atoms with Gasteiger partial charge in [0.05, 0.1) is 22.9 Å². The van der Waals surface area contributed by atoms with E-state index < -0.39 is 0 Å². The largest absolute Gasteiger partial charge is 0.321 e. The summed E-state index contributed by atoms with van der Waals surface area (Å²) in [5.41, 5.74) is 0.938. The summed E-state index contributed by atoms with van der Waals surface area (Å²) >= 11 is 9.47. The third kappa shape index (κ3) is 2.69. The van der Waals surface area contributed by atoms with Crippen LogP contribution in [0.25, 0.3) is 0 Å². The highest BCUT2D eigenvalue weighted by atomic mass is 79.9. The minimum atomic E-state index is 0.251. The molecule has 0 aliphatic heterocycles. The number of hydrogen-bond acceptors (Lipinski definition) is 3. The lowest BCUT2D eigenvalue weighted by atomic mass is 10.3. The van der Waals surface area contributed by atoms with E-state index in [0.717, 1.165) is 17.9 Å². The molecule has 0 spiro atoms. The highest BCUT2D eigenvalue weighted by molar-refractivity contribution is 9.09. The molecule has 0 aliphatic rings. The Labute approximate surface area is 113 Å². The lowest BCUT2D eigenvalue weighted by molar-refractivity contribution is 0.607. The van der Waals surface area contributed by atoms with Gasteiger partial charge in [0.15, 0.2) is 0 Å². The van der Waals surface area contributed by atoms with Crippen molar-refractivity contribution < 1.29 is 0 Å². The summed E-state index contributed by atoms with van der Waals surface area (Å²) in [7, 11) is 1.88. The number of aromatic nitrogens is 5. The first-order valence-electron chi connectivity index (χ1n) is 5.32. The van der Waals surface area contributed by atoms with E-state index in [1.807, 2.05) is 17.8 Å². The van der Waals surface area contributed by atoms with Gasteiger partial charge < -0.3 is 4.57 Å². The van der Waals surface area contributed by atoms with Crippen LogP contribution in [0.5, 0.6) is 0 Å². The Hall–Kier alpha value is -0.880. The molecule has 2 rings (SSSR count). The second-order valence-corrected chi connectivity index (χ2v) is 5.27. The molecule has 0 bridgehead atoms. The van der Waals surface area contributed by atoms with Crippen molar-refractivity contribution in [3.63, 3.8) is 0 Å². The van der Waals surface area contributed by atoms with Crippen molar-refractivity contribution in [1.29, 1.82) is 0 Å². The molecular weight excluding hydrogens is 306 g/mol. The molecule has 0 saturated heterocycles. The van der Waals surface area contributed by atoms with Crippen molar-refractivity contribution in [2.75, 3.05) is 0 Å². The van der Waals surface area contributed by atoms with Crippen molar-refractivity contribution in [1.82, 2.24) is 24.5 Å². The first-order chi connectivity index (χ1) is 8.11. The van der Waals surface area contributed by atoms with Crippen molar-refractivity contribution in [3.05, 3.63) is 29.1 Å². The molecule has 1 atom stereocenters. The topological polar surface area (TPSA) is 48.5 Å². The Morgan fingerprint density at radius 3 is 2.88 bits per heavy atom. The Bertz CT molecular complexity index is 507. The lowest BCUT2D eigenvalue weighted by Crippen LogP contribution is -2.06. The van der Waals surface area contributed by atoms with Crippen molar-refractivity contribution in [2.24, 2.45) is 7.05 Å². The maximum atomic E-state index is 5.92. The zero-order valence-electron chi connectivity index (χ0n) is 9.64. The molecular formula is C10H13BrClN5. The standard InChI is InChI=1S/C10H13BrClN5/c1-3-7(11)8-5-17(15-14-8)6-10-13-4-9(12)16(10)2/h4-5,7H,3,6H2,1-2H3. The molecule has 1 unspecified atom stereocenters. The highest BCUT2D eigenvalue weighted by Gasteiger charge is 2.11. The Morgan fingerprint density at radius 2 is 2.29 bits per heavy atom. The number of nitrogens with zero attached hydrogens (tertiary/aromatic N) is 5. The van der Waals surface area contributed by atoms with Crippen LogP contribution in [0.4, 0.5) is 0 Å². The van der Waals surface area contributed by atoms with Gasteiger partial charge in [0.25, 0.3) is 0 Å². The van der Waals surface area contributed by atoms with E-state index in [9.17, 15) is 0 Å². The zero-order chi connectivity index (χ0) is 12.4. The minimum Gasteiger partial charge on any atom is -0.321 e. The molecule has 0 N–H and O–H groups in total. The summed E-state index contributed by atoms with van der Waals surface area (Å²) in [4.78, 5) is 4.47. The molecule has 2 aromatic rings. The minimum absolute atomic E-state index is 0.251. The number of halogens is 2. The fraction of sp³-hybridized carbons (Fsp3) is 0.500. The predicted octanol–water partition coefficient (Wildman–Crippen LogP) is 2.56. The van der Waals surface area contributed by atoms with Crippen molar-refractivity contribution >= 4 is 27.5 Å². The zero-order valence-corrected chi connectivity index (χ0v) is 12.0. The molecule has 0 radical (unpaired) electrons. The molecule has 0 aromatic carbocycles. The smallest absolute Gasteiger partial charge is 0.131 e. The normalized spacial score (nSPS) is 12.9. The summed E-state index contributed by atoms with van der Waals surface area (Å²) in [6.45, 7) is 2.66. The van der Waals surface area contributed by atoms with E-state index in [1.165, 1.54) is 0 Å². The molecule has 0 saturated carbocycles. The highest BCUT2D eigenvalue weighted by Crippen LogP contribution is 2.23. The third-order valence-electron chi connectivity index (χ3n) is 2.57. The average Bonchev–Trinajstić information content (AvgIpc) is 2.91. The van der Waals surface area contributed by atoms with E-state index in [-0.39, 0.29) is 4.83 Å². The average molecular weight is 319 g/mol. The SMILES string of the molecule is CCC(Br)c1cn(Cc2ncc(Cl)n2C)nn1. The van der Waals surface area contributed by atoms with Crippen LogP contribution in [0.2, 0.25) is 5.15 Å². The second-order valence-electron chi connectivity index (χ2n) is 3.77. The number of rotatable bonds is 4. The first kappa shape index (κ1) is 12.6. The maximum absolute atomic E-state index is 5.92. The molecule has 0 amide bonds. The number of alkyl halides is 1. The monoisotopic (exact) mass is 317 g/mol. The Morgan fingerprint density at radius 1 is 1.53 bits per heavy atom. The Balaban J connectivity index is 2.14. The van der Waals surface area contributed by atoms with E-state index in [1.54, 1.807) is 10.9 Å². The van der Waals surface area contributed by atoms with Crippen LogP contribution < -0.4 is 0 Å². The maximum Gasteiger partial charge on any atom is 0.131 e. The lowest BCUT2D eigenvalue weighted by Gasteiger charge is -2.02. The molecule has 5 nitrogen and oxygen atoms in total. The van der Waals surface area contributed by atoms with Gasteiger partial charge in [-0.05, 0) is 6.42 Å². The van der Waals surface area contributed by atoms with Crippen LogP contribution in [0.15, 0.2) is 12.4 Å². The van der Waals surface area contributed by atoms with Crippen LogP contribution in [0, 0.1) is 0 Å². The van der Waals surface area contributed by atoms with Gasteiger partial charge in [-0.25, -0.2) is 9.67 Å². The third-order valence-corrected chi connectivity index (χ3v) is 4.03. The van der Waals surface area contributed by atoms with Gasteiger partial charge in [0.1, 0.15) is 17.5 Å². The van der Waals surface area contributed by atoms with Crippen LogP contribution in [-0.2, 0) is 13.6 Å². The Kier molecular flexibility index (Phi) is 3.83. The summed E-state index contributed by atoms with van der Waals surface area (Å²) in [5.74, 6) is 0.856. The fourth-order valence-electron chi connectivity index (χ4n) is 1.46. The summed E-state index contributed by atoms with van der Waals surface area (Å²) < 4.78 is 3.59. The molecule has 92 valence electrons. The van der Waals surface area contributed by atoms with Crippen molar-refractivity contribution in [3.8, 4) is 0 Å². The quantitative estimate of drug-likeness (QED) is 0.814. The van der Waals surface area contributed by atoms with Crippen molar-refractivity contribution in [2.45, 2.75) is 24.7 Å². The molecule has 0 fully saturated rings. The van der Waals surface area contributed by atoms with Crippen LogP contribution >= 0.6 is 27.5 Å². The second kappa shape index (κ2) is 5.18. The summed E-state index contributed by atoms with van der Waals surface area (Å²) in [6, 6.07) is 0. The van der Waals surface area contributed by atoms with Gasteiger partial charge in [-0.1, -0.05) is 39.7 Å². The predicted molar refractivity (Wildman–Crippen MR) is 69.3 cm³/mol. The van der Waals surface area contributed by atoms with Gasteiger partial charge in [-0.15, -0.1) is 5.10 Å². The van der Waals surface area contributed by atoms with Gasteiger partial charge in [-0.2, -0.15) is 0 Å². The molecule has 2 heterocycles. The number of hydrogen-bond donors (Lipinski definition) is 0. The number of imidazole rings is 1. The fourth-order valence-corrected chi connectivity index (χ4v) is 1.82. The van der Waals surface area contributed by atoms with Gasteiger partial charge in [0, 0.05) is 7.05 Å². The summed E-state index contributed by atoms with van der Waals surface area (Å²) in [6.07, 6.45) is 4.53. The molecule has 7 heteroatoms. The van der Waals surface area contributed by atoms with E-state index in [2.05, 4.69) is 38.1 Å². The molecule has 0 aliphatic carbocycles. The summed E-state index contributed by atoms with van der Waals surface area (Å²) in [5, 5.41) is 8.80. The first-order valence-corrected chi connectivity index (χ1v) is 6.61. The van der Waals surface area contributed by atoms with Gasteiger partial charge in [-0.3, -0.25) is 0 Å². The van der Waals surface area contributed by atoms with Crippen LogP contribution in [0.3, 0.4) is 0 Å².